The van der Waals surface area contributed by atoms with Crippen molar-refractivity contribution in [2.75, 3.05) is 26.3 Å². The predicted octanol–water partition coefficient (Wildman–Crippen LogP) is 2.57. The Kier molecular flexibility index (Phi) is 6.46. The maximum Gasteiger partial charge on any atom is 0.0576 e. The molecular weight excluding hydrogens is 226 g/mol. The van der Waals surface area contributed by atoms with E-state index in [0.29, 0.717) is 12.7 Å². The van der Waals surface area contributed by atoms with Gasteiger partial charge in [-0.2, -0.15) is 0 Å². The molecule has 2 rings (SSSR count). The highest BCUT2D eigenvalue weighted by atomic mass is 16.5. The minimum absolute atomic E-state index is 0.302. The van der Waals surface area contributed by atoms with Gasteiger partial charge in [-0.15, -0.1) is 0 Å². The lowest BCUT2D eigenvalue weighted by atomic mass is 9.94. The van der Waals surface area contributed by atoms with Crippen LogP contribution in [0.3, 0.4) is 0 Å². The molecule has 0 radical (unpaired) electrons. The van der Waals surface area contributed by atoms with E-state index in [9.17, 15) is 5.11 Å². The fourth-order valence-corrected chi connectivity index (χ4v) is 3.45. The van der Waals surface area contributed by atoms with Crippen LogP contribution >= 0.6 is 0 Å². The maximum absolute atomic E-state index is 9.21. The van der Waals surface area contributed by atoms with Crippen LogP contribution < -0.4 is 0 Å². The van der Waals surface area contributed by atoms with Crippen LogP contribution in [0.1, 0.15) is 57.8 Å². The Morgan fingerprint density at radius 3 is 2.50 bits per heavy atom. The quantitative estimate of drug-likeness (QED) is 0.759. The molecule has 106 valence electrons. The van der Waals surface area contributed by atoms with Crippen LogP contribution in [-0.2, 0) is 4.74 Å². The molecule has 1 N–H and O–H groups in total. The first kappa shape index (κ1) is 14.3. The number of ether oxygens (including phenoxy) is 1. The Balaban J connectivity index is 1.67. The van der Waals surface area contributed by atoms with Crippen molar-refractivity contribution in [3.05, 3.63) is 0 Å². The minimum atomic E-state index is 0.302. The zero-order valence-electron chi connectivity index (χ0n) is 11.6. The van der Waals surface area contributed by atoms with Crippen LogP contribution in [0, 0.1) is 0 Å². The summed E-state index contributed by atoms with van der Waals surface area (Å²) in [5.74, 6) is 0. The van der Waals surface area contributed by atoms with E-state index in [-0.39, 0.29) is 0 Å². The third kappa shape index (κ3) is 4.52. The molecule has 1 atom stereocenters. The number of nitrogens with zero attached hydrogens (tertiary/aromatic N) is 1. The highest BCUT2D eigenvalue weighted by molar-refractivity contribution is 4.76. The number of hydrogen-bond donors (Lipinski definition) is 1. The first-order chi connectivity index (χ1) is 8.90. The van der Waals surface area contributed by atoms with Gasteiger partial charge in [0.25, 0.3) is 0 Å². The van der Waals surface area contributed by atoms with E-state index in [1.807, 2.05) is 0 Å². The molecule has 1 aliphatic heterocycles. The van der Waals surface area contributed by atoms with Crippen molar-refractivity contribution in [1.82, 2.24) is 4.90 Å². The van der Waals surface area contributed by atoms with E-state index < -0.39 is 0 Å². The van der Waals surface area contributed by atoms with Crippen molar-refractivity contribution in [3.8, 4) is 0 Å². The van der Waals surface area contributed by atoms with Crippen molar-refractivity contribution in [2.24, 2.45) is 0 Å². The van der Waals surface area contributed by atoms with Gasteiger partial charge in [-0.1, -0.05) is 19.3 Å². The molecule has 0 bridgehead atoms. The van der Waals surface area contributed by atoms with Crippen molar-refractivity contribution < 1.29 is 9.84 Å². The fourth-order valence-electron chi connectivity index (χ4n) is 3.45. The fraction of sp³-hybridized carbons (Fsp3) is 1.00. The SMILES string of the molecule is OCCN(CCCC1CCCO1)C1CCCCC1. The Hall–Kier alpha value is -0.120. The van der Waals surface area contributed by atoms with Gasteiger partial charge >= 0.3 is 0 Å². The largest absolute Gasteiger partial charge is 0.395 e. The molecule has 1 saturated heterocycles. The van der Waals surface area contributed by atoms with Gasteiger partial charge in [0.15, 0.2) is 0 Å². The summed E-state index contributed by atoms with van der Waals surface area (Å²) in [6.07, 6.45) is 12.3. The summed E-state index contributed by atoms with van der Waals surface area (Å²) in [5, 5.41) is 9.21. The Morgan fingerprint density at radius 2 is 1.83 bits per heavy atom. The summed E-state index contributed by atoms with van der Waals surface area (Å²) in [6.45, 7) is 3.27. The van der Waals surface area contributed by atoms with Crippen LogP contribution in [0.5, 0.6) is 0 Å². The molecule has 2 aliphatic rings. The Labute approximate surface area is 112 Å². The summed E-state index contributed by atoms with van der Waals surface area (Å²) >= 11 is 0. The summed E-state index contributed by atoms with van der Waals surface area (Å²) in [5.41, 5.74) is 0. The lowest BCUT2D eigenvalue weighted by Gasteiger charge is -2.34. The average Bonchev–Trinajstić information content (AvgIpc) is 2.92. The minimum Gasteiger partial charge on any atom is -0.395 e. The van der Waals surface area contributed by atoms with Crippen LogP contribution in [0.25, 0.3) is 0 Å². The summed E-state index contributed by atoms with van der Waals surface area (Å²) in [4.78, 5) is 2.52. The second-order valence-electron chi connectivity index (χ2n) is 5.83. The first-order valence-electron chi connectivity index (χ1n) is 7.86. The zero-order chi connectivity index (χ0) is 12.6. The van der Waals surface area contributed by atoms with E-state index in [2.05, 4.69) is 4.90 Å². The summed E-state index contributed by atoms with van der Waals surface area (Å²) in [6, 6.07) is 0.732. The van der Waals surface area contributed by atoms with Crippen LogP contribution in [-0.4, -0.2) is 48.5 Å². The normalized spacial score (nSPS) is 26.0. The van der Waals surface area contributed by atoms with E-state index in [1.165, 1.54) is 57.8 Å². The topological polar surface area (TPSA) is 32.7 Å². The molecule has 1 heterocycles. The molecule has 0 spiro atoms. The van der Waals surface area contributed by atoms with E-state index in [0.717, 1.165) is 25.7 Å². The zero-order valence-corrected chi connectivity index (χ0v) is 11.6. The lowest BCUT2D eigenvalue weighted by molar-refractivity contribution is 0.0875. The highest BCUT2D eigenvalue weighted by Gasteiger charge is 2.21. The molecule has 1 saturated carbocycles. The third-order valence-corrected chi connectivity index (χ3v) is 4.47. The first-order valence-corrected chi connectivity index (χ1v) is 7.86. The number of hydrogen-bond acceptors (Lipinski definition) is 3. The van der Waals surface area contributed by atoms with Crippen LogP contribution in [0.2, 0.25) is 0 Å². The predicted molar refractivity (Wildman–Crippen MR) is 73.7 cm³/mol. The molecule has 1 aliphatic carbocycles. The molecule has 0 aromatic carbocycles. The molecular formula is C15H29NO2. The Morgan fingerprint density at radius 1 is 1.00 bits per heavy atom. The Bertz CT molecular complexity index is 211. The molecule has 0 aromatic heterocycles. The number of aliphatic hydroxyl groups excluding tert-OH is 1. The standard InChI is InChI=1S/C15H29NO2/c17-12-11-16(14-6-2-1-3-7-14)10-4-8-15-9-5-13-18-15/h14-15,17H,1-13H2. The van der Waals surface area contributed by atoms with Crippen molar-refractivity contribution in [2.45, 2.75) is 69.9 Å². The van der Waals surface area contributed by atoms with Gasteiger partial charge in [-0.05, 0) is 45.1 Å². The molecule has 3 nitrogen and oxygen atoms in total. The lowest BCUT2D eigenvalue weighted by Crippen LogP contribution is -2.39. The van der Waals surface area contributed by atoms with Gasteiger partial charge in [0.05, 0.1) is 12.7 Å². The van der Waals surface area contributed by atoms with Crippen molar-refractivity contribution in [3.63, 3.8) is 0 Å². The van der Waals surface area contributed by atoms with E-state index in [1.54, 1.807) is 0 Å². The maximum atomic E-state index is 9.21. The molecule has 0 amide bonds. The van der Waals surface area contributed by atoms with Gasteiger partial charge in [-0.3, -0.25) is 4.90 Å². The third-order valence-electron chi connectivity index (χ3n) is 4.47. The summed E-state index contributed by atoms with van der Waals surface area (Å²) in [7, 11) is 0. The van der Waals surface area contributed by atoms with E-state index in [4.69, 9.17) is 4.74 Å². The monoisotopic (exact) mass is 255 g/mol. The molecule has 1 unspecified atom stereocenters. The average molecular weight is 255 g/mol. The second kappa shape index (κ2) is 8.13. The molecule has 0 aromatic rings. The van der Waals surface area contributed by atoms with Gasteiger partial charge in [-0.25, -0.2) is 0 Å². The van der Waals surface area contributed by atoms with Gasteiger partial charge in [0, 0.05) is 19.2 Å². The highest BCUT2D eigenvalue weighted by Crippen LogP contribution is 2.23. The molecule has 3 heteroatoms. The van der Waals surface area contributed by atoms with E-state index >= 15 is 0 Å². The molecule has 18 heavy (non-hydrogen) atoms. The number of rotatable bonds is 7. The summed E-state index contributed by atoms with van der Waals surface area (Å²) < 4.78 is 5.67. The van der Waals surface area contributed by atoms with Crippen LogP contribution in [0.15, 0.2) is 0 Å². The van der Waals surface area contributed by atoms with Crippen molar-refractivity contribution >= 4 is 0 Å². The van der Waals surface area contributed by atoms with Gasteiger partial charge in [0.1, 0.15) is 0 Å². The number of aliphatic hydroxyl groups is 1. The van der Waals surface area contributed by atoms with Crippen molar-refractivity contribution in [1.29, 1.82) is 0 Å². The second-order valence-corrected chi connectivity index (χ2v) is 5.83. The smallest absolute Gasteiger partial charge is 0.0576 e. The van der Waals surface area contributed by atoms with Crippen LogP contribution in [0.4, 0.5) is 0 Å². The van der Waals surface area contributed by atoms with Gasteiger partial charge < -0.3 is 9.84 Å². The molecule has 2 fully saturated rings. The van der Waals surface area contributed by atoms with Gasteiger partial charge in [0.2, 0.25) is 0 Å².